The smallest absolute Gasteiger partial charge is 0.419 e. The Morgan fingerprint density at radius 3 is 2.38 bits per heavy atom. The molecule has 0 aliphatic carbocycles. The summed E-state index contributed by atoms with van der Waals surface area (Å²) in [6.07, 6.45) is -4.77. The number of fused-ring (bicyclic) bond motifs is 1. The van der Waals surface area contributed by atoms with Crippen molar-refractivity contribution in [2.45, 2.75) is 32.5 Å². The average molecular weight is 671 g/mol. The highest BCUT2D eigenvalue weighted by atomic mass is 32.2. The zero-order valence-corrected chi connectivity index (χ0v) is 25.7. The van der Waals surface area contributed by atoms with E-state index in [2.05, 4.69) is 5.32 Å². The Kier molecular flexibility index (Phi) is 7.78. The number of halogens is 5. The van der Waals surface area contributed by atoms with E-state index in [4.69, 9.17) is 4.74 Å². The molecule has 13 heteroatoms. The number of ether oxygens (including phenoxy) is 1. The van der Waals surface area contributed by atoms with Crippen molar-refractivity contribution >= 4 is 27.1 Å². The molecule has 244 valence electrons. The molecule has 6 rings (SSSR count). The number of nitrogens with zero attached hydrogens (tertiary/aromatic N) is 1. The van der Waals surface area contributed by atoms with Crippen LogP contribution in [0.3, 0.4) is 0 Å². The van der Waals surface area contributed by atoms with Gasteiger partial charge in [-0.05, 0) is 60.4 Å². The Morgan fingerprint density at radius 2 is 1.66 bits per heavy atom. The van der Waals surface area contributed by atoms with Gasteiger partial charge in [0.05, 0.1) is 27.5 Å². The van der Waals surface area contributed by atoms with E-state index in [1.54, 1.807) is 13.8 Å². The lowest BCUT2D eigenvalue weighted by Crippen LogP contribution is -2.41. The predicted molar refractivity (Wildman–Crippen MR) is 165 cm³/mol. The van der Waals surface area contributed by atoms with Crippen LogP contribution in [0.25, 0.3) is 0 Å². The highest BCUT2D eigenvalue weighted by molar-refractivity contribution is 7.95. The number of aromatic hydroxyl groups is 1. The van der Waals surface area contributed by atoms with Crippen molar-refractivity contribution in [3.8, 4) is 17.2 Å². The van der Waals surface area contributed by atoms with Crippen LogP contribution in [0.1, 0.15) is 47.8 Å². The summed E-state index contributed by atoms with van der Waals surface area (Å²) in [5.41, 5.74) is -2.73. The number of anilines is 2. The van der Waals surface area contributed by atoms with Crippen molar-refractivity contribution < 1.29 is 45.0 Å². The molecule has 4 aromatic rings. The van der Waals surface area contributed by atoms with Gasteiger partial charge in [0.15, 0.2) is 9.84 Å². The second kappa shape index (κ2) is 11.4. The number of amides is 1. The minimum atomic E-state index is -4.87. The number of allylic oxidation sites excluding steroid dienone is 1. The van der Waals surface area contributed by atoms with Crippen molar-refractivity contribution in [1.82, 2.24) is 0 Å². The van der Waals surface area contributed by atoms with Crippen molar-refractivity contribution in [2.24, 2.45) is 5.41 Å². The number of hydrogen-bond donors (Lipinski definition) is 2. The molecule has 0 spiro atoms. The van der Waals surface area contributed by atoms with E-state index in [-0.39, 0.29) is 39.7 Å². The Morgan fingerprint density at radius 1 is 0.957 bits per heavy atom. The largest absolute Gasteiger partial charge is 0.506 e. The average Bonchev–Trinajstić information content (AvgIpc) is 3.11. The maximum atomic E-state index is 15.2. The lowest BCUT2D eigenvalue weighted by atomic mass is 9.88. The molecule has 2 N–H and O–H groups in total. The summed E-state index contributed by atoms with van der Waals surface area (Å²) in [7, 11) is -4.31. The molecule has 1 atom stereocenters. The third-order valence-electron chi connectivity index (χ3n) is 7.94. The topological polar surface area (TPSA) is 95.9 Å². The third kappa shape index (κ3) is 5.91. The number of carbonyl (C=O) groups excluding carboxylic acids is 1. The number of benzene rings is 4. The molecule has 0 fully saturated rings. The second-order valence-corrected chi connectivity index (χ2v) is 14.0. The standard InChI is InChI=1S/C34H27F5N2O5S/c1-33(2)17-24-31(47(44,45)18-33)30(21-15-14-19(35)16-28(21)46-27-13-6-4-9-22(27)34(37,38)39)41(25-11-7-12-26(42)29(25)40-24)32(43)20-8-3-5-10-23(20)36/h3-16,30,40,42H,17-18H2,1-2H3. The lowest BCUT2D eigenvalue weighted by Gasteiger charge is -2.38. The van der Waals surface area contributed by atoms with E-state index in [9.17, 15) is 35.9 Å². The van der Waals surface area contributed by atoms with Gasteiger partial charge in [0.2, 0.25) is 0 Å². The number of carbonyl (C=O) groups is 1. The minimum absolute atomic E-state index is 0.0629. The molecular formula is C34H27F5N2O5S. The summed E-state index contributed by atoms with van der Waals surface area (Å²) in [5.74, 6) is -4.88. The Labute approximate surface area is 266 Å². The monoisotopic (exact) mass is 670 g/mol. The molecule has 0 aromatic heterocycles. The lowest BCUT2D eigenvalue weighted by molar-refractivity contribution is -0.138. The number of phenols is 1. The van der Waals surface area contributed by atoms with Crippen LogP contribution in [0.15, 0.2) is 95.5 Å². The Hall–Kier alpha value is -4.91. The summed E-state index contributed by atoms with van der Waals surface area (Å²) in [5, 5.41) is 14.0. The first-order chi connectivity index (χ1) is 22.1. The molecular weight excluding hydrogens is 643 g/mol. The molecule has 2 aliphatic heterocycles. The third-order valence-corrected chi connectivity index (χ3v) is 10.2. The molecule has 2 aliphatic rings. The quantitative estimate of drug-likeness (QED) is 0.167. The SMILES string of the molecule is CC1(C)CC2=C(C(c3ccc(F)cc3Oc3ccccc3C(F)(F)F)N(C(=O)c3ccccc3F)c3cccc(O)c3N2)S(=O)(=O)C1. The van der Waals surface area contributed by atoms with E-state index in [0.717, 1.165) is 47.4 Å². The number of para-hydroxylation sites is 2. The summed E-state index contributed by atoms with van der Waals surface area (Å²) in [6, 6.07) is 14.4. The molecule has 47 heavy (non-hydrogen) atoms. The van der Waals surface area contributed by atoms with Gasteiger partial charge in [-0.25, -0.2) is 17.2 Å². The van der Waals surface area contributed by atoms with Gasteiger partial charge in [0.25, 0.3) is 5.91 Å². The zero-order chi connectivity index (χ0) is 33.9. The number of phenolic OH excluding ortho intramolecular Hbond substituents is 1. The summed E-state index contributed by atoms with van der Waals surface area (Å²) in [4.78, 5) is 15.0. The molecule has 0 saturated carbocycles. The van der Waals surface area contributed by atoms with Gasteiger partial charge in [-0.3, -0.25) is 9.69 Å². The van der Waals surface area contributed by atoms with Crippen LogP contribution in [0.5, 0.6) is 17.2 Å². The van der Waals surface area contributed by atoms with E-state index in [0.29, 0.717) is 0 Å². The molecule has 1 unspecified atom stereocenters. The van der Waals surface area contributed by atoms with E-state index < -0.39 is 73.4 Å². The first-order valence-electron chi connectivity index (χ1n) is 14.3. The minimum Gasteiger partial charge on any atom is -0.506 e. The molecule has 0 saturated heterocycles. The highest BCUT2D eigenvalue weighted by Crippen LogP contribution is 2.53. The number of alkyl halides is 3. The van der Waals surface area contributed by atoms with Crippen molar-refractivity contribution in [3.63, 3.8) is 0 Å². The van der Waals surface area contributed by atoms with Gasteiger partial charge < -0.3 is 15.2 Å². The van der Waals surface area contributed by atoms with Gasteiger partial charge >= 0.3 is 6.18 Å². The van der Waals surface area contributed by atoms with Crippen molar-refractivity contribution in [3.05, 3.63) is 124 Å². The molecule has 0 radical (unpaired) electrons. The van der Waals surface area contributed by atoms with Gasteiger partial charge in [-0.15, -0.1) is 0 Å². The fourth-order valence-corrected chi connectivity index (χ4v) is 8.46. The van der Waals surface area contributed by atoms with E-state index in [1.807, 2.05) is 0 Å². The van der Waals surface area contributed by atoms with Crippen molar-refractivity contribution in [1.29, 1.82) is 0 Å². The molecule has 4 aromatic carbocycles. The maximum Gasteiger partial charge on any atom is 0.419 e. The fourth-order valence-electron chi connectivity index (χ4n) is 6.10. The van der Waals surface area contributed by atoms with E-state index >= 15 is 4.39 Å². The van der Waals surface area contributed by atoms with Crippen LogP contribution in [0.4, 0.5) is 33.3 Å². The number of sulfone groups is 1. The van der Waals surface area contributed by atoms with Crippen LogP contribution < -0.4 is 15.0 Å². The first kappa shape index (κ1) is 32.0. The summed E-state index contributed by atoms with van der Waals surface area (Å²) in [6.45, 7) is 3.43. The van der Waals surface area contributed by atoms with Gasteiger partial charge in [-0.2, -0.15) is 13.2 Å². The molecule has 1 amide bonds. The second-order valence-electron chi connectivity index (χ2n) is 12.1. The number of hydrogen-bond acceptors (Lipinski definition) is 6. The zero-order valence-electron chi connectivity index (χ0n) is 24.9. The number of nitrogens with one attached hydrogen (secondary N) is 1. The Bertz CT molecular complexity index is 2060. The van der Waals surface area contributed by atoms with Crippen LogP contribution in [-0.2, 0) is 16.0 Å². The van der Waals surface area contributed by atoms with Gasteiger partial charge in [0.1, 0.15) is 40.6 Å². The van der Waals surface area contributed by atoms with Crippen LogP contribution in [0, 0.1) is 17.0 Å². The normalized spacial score (nSPS) is 18.4. The summed E-state index contributed by atoms with van der Waals surface area (Å²) < 4.78 is 106. The van der Waals surface area contributed by atoms with Gasteiger partial charge in [0, 0.05) is 17.3 Å². The Balaban J connectivity index is 1.69. The summed E-state index contributed by atoms with van der Waals surface area (Å²) >= 11 is 0. The van der Waals surface area contributed by atoms with Crippen molar-refractivity contribution in [2.75, 3.05) is 16.0 Å². The fraction of sp³-hybridized carbons (Fsp3) is 0.206. The van der Waals surface area contributed by atoms with Crippen LogP contribution >= 0.6 is 0 Å². The maximum absolute atomic E-state index is 15.2. The molecule has 7 nitrogen and oxygen atoms in total. The van der Waals surface area contributed by atoms with Gasteiger partial charge in [-0.1, -0.05) is 44.2 Å². The van der Waals surface area contributed by atoms with Crippen LogP contribution in [0.2, 0.25) is 0 Å². The van der Waals surface area contributed by atoms with Crippen LogP contribution in [-0.4, -0.2) is 25.2 Å². The molecule has 2 heterocycles. The predicted octanol–water partition coefficient (Wildman–Crippen LogP) is 8.35. The highest BCUT2D eigenvalue weighted by Gasteiger charge is 2.48. The van der Waals surface area contributed by atoms with E-state index in [1.165, 1.54) is 42.5 Å². The molecule has 0 bridgehead atoms. The first-order valence-corrected chi connectivity index (χ1v) is 16.0. The number of rotatable bonds is 4.